The summed E-state index contributed by atoms with van der Waals surface area (Å²) in [5.41, 5.74) is 2.44. The molecule has 1 saturated heterocycles. The number of anilines is 1. The van der Waals surface area contributed by atoms with E-state index in [0.29, 0.717) is 30.8 Å². The molecule has 1 fully saturated rings. The van der Waals surface area contributed by atoms with E-state index >= 15 is 0 Å². The van der Waals surface area contributed by atoms with E-state index in [4.69, 9.17) is 9.47 Å². The van der Waals surface area contributed by atoms with Gasteiger partial charge in [0.1, 0.15) is 17.0 Å². The van der Waals surface area contributed by atoms with Crippen molar-refractivity contribution in [1.82, 2.24) is 14.3 Å². The van der Waals surface area contributed by atoms with E-state index in [9.17, 15) is 9.59 Å². The Morgan fingerprint density at radius 1 is 1.10 bits per heavy atom. The number of carbonyl (C=O) groups excluding carboxylic acids is 1. The Morgan fingerprint density at radius 2 is 1.90 bits per heavy atom. The smallest absolute Gasteiger partial charge is 0.270 e. The third kappa shape index (κ3) is 3.19. The van der Waals surface area contributed by atoms with Crippen LogP contribution in [0.25, 0.3) is 5.65 Å². The largest absolute Gasteiger partial charge is 0.454 e. The molecule has 2 aliphatic rings. The highest BCUT2D eigenvalue weighted by molar-refractivity contribution is 5.83. The number of aromatic nitrogens is 2. The normalized spacial score (nSPS) is 16.2. The Bertz CT molecular complexity index is 1180. The SMILES string of the molecule is Cc1cccn2c(=O)c(C=O)c(N3CCN(Cc4ccc5c(c4)OCO5)CC3)nc12. The average molecular weight is 406 g/mol. The molecule has 5 rings (SSSR count). The topological polar surface area (TPSA) is 76.4 Å². The standard InChI is InChI=1S/C22H22N4O4/c1-15-3-2-6-26-20(15)23-21(17(13-27)22(26)28)25-9-7-24(8-10-25)12-16-4-5-18-19(11-16)30-14-29-18/h2-6,11,13H,7-10,12,14H2,1H3. The Balaban J connectivity index is 1.35. The van der Waals surface area contributed by atoms with Gasteiger partial charge in [0.15, 0.2) is 17.8 Å². The maximum atomic E-state index is 12.8. The van der Waals surface area contributed by atoms with Gasteiger partial charge in [-0.3, -0.25) is 18.9 Å². The summed E-state index contributed by atoms with van der Waals surface area (Å²) >= 11 is 0. The summed E-state index contributed by atoms with van der Waals surface area (Å²) in [4.78, 5) is 33.6. The Hall–Kier alpha value is -3.39. The molecular formula is C22H22N4O4. The fourth-order valence-corrected chi connectivity index (χ4v) is 4.06. The second-order valence-corrected chi connectivity index (χ2v) is 7.61. The number of benzene rings is 1. The summed E-state index contributed by atoms with van der Waals surface area (Å²) in [6.45, 7) is 5.99. The molecule has 30 heavy (non-hydrogen) atoms. The predicted molar refractivity (Wildman–Crippen MR) is 112 cm³/mol. The van der Waals surface area contributed by atoms with Gasteiger partial charge in [0.2, 0.25) is 6.79 Å². The van der Waals surface area contributed by atoms with Gasteiger partial charge in [0, 0.05) is 38.9 Å². The third-order valence-corrected chi connectivity index (χ3v) is 5.70. The molecule has 0 N–H and O–H groups in total. The fraction of sp³-hybridized carbons (Fsp3) is 0.318. The monoisotopic (exact) mass is 406 g/mol. The third-order valence-electron chi connectivity index (χ3n) is 5.70. The van der Waals surface area contributed by atoms with E-state index < -0.39 is 0 Å². The number of aryl methyl sites for hydroxylation is 1. The maximum Gasteiger partial charge on any atom is 0.270 e. The van der Waals surface area contributed by atoms with Crippen LogP contribution in [0.4, 0.5) is 5.82 Å². The summed E-state index contributed by atoms with van der Waals surface area (Å²) in [5, 5.41) is 0. The van der Waals surface area contributed by atoms with Gasteiger partial charge < -0.3 is 14.4 Å². The first-order valence-electron chi connectivity index (χ1n) is 9.97. The van der Waals surface area contributed by atoms with Crippen molar-refractivity contribution in [3.05, 3.63) is 63.6 Å². The molecule has 0 bridgehead atoms. The summed E-state index contributed by atoms with van der Waals surface area (Å²) in [6.07, 6.45) is 2.27. The number of carbonyl (C=O) groups is 1. The Kier molecular flexibility index (Phi) is 4.63. The quantitative estimate of drug-likeness (QED) is 0.612. The van der Waals surface area contributed by atoms with Gasteiger partial charge in [0.05, 0.1) is 0 Å². The van der Waals surface area contributed by atoms with Crippen molar-refractivity contribution in [3.8, 4) is 11.5 Å². The number of nitrogens with zero attached hydrogens (tertiary/aromatic N) is 4. The van der Waals surface area contributed by atoms with Gasteiger partial charge >= 0.3 is 0 Å². The van der Waals surface area contributed by atoms with Crippen molar-refractivity contribution >= 4 is 17.8 Å². The number of hydrogen-bond donors (Lipinski definition) is 0. The van der Waals surface area contributed by atoms with Gasteiger partial charge in [-0.15, -0.1) is 0 Å². The number of piperazine rings is 1. The van der Waals surface area contributed by atoms with E-state index in [2.05, 4.69) is 16.0 Å². The minimum atomic E-state index is -0.323. The average Bonchev–Trinajstić information content (AvgIpc) is 3.23. The van der Waals surface area contributed by atoms with Crippen LogP contribution in [0.5, 0.6) is 11.5 Å². The van der Waals surface area contributed by atoms with Crippen LogP contribution in [-0.2, 0) is 6.54 Å². The zero-order valence-electron chi connectivity index (χ0n) is 16.7. The predicted octanol–water partition coefficient (Wildman–Crippen LogP) is 1.87. The van der Waals surface area contributed by atoms with Crippen LogP contribution in [0.1, 0.15) is 21.5 Å². The van der Waals surface area contributed by atoms with Crippen molar-refractivity contribution in [3.63, 3.8) is 0 Å². The maximum absolute atomic E-state index is 12.8. The summed E-state index contributed by atoms with van der Waals surface area (Å²) < 4.78 is 12.3. The molecule has 0 aliphatic carbocycles. The fourth-order valence-electron chi connectivity index (χ4n) is 4.06. The summed E-state index contributed by atoms with van der Waals surface area (Å²) in [5.74, 6) is 2.05. The Morgan fingerprint density at radius 3 is 2.70 bits per heavy atom. The van der Waals surface area contributed by atoms with Crippen LogP contribution in [0.15, 0.2) is 41.3 Å². The first kappa shape index (κ1) is 18.6. The number of rotatable bonds is 4. The molecule has 1 aromatic carbocycles. The number of hydrogen-bond acceptors (Lipinski definition) is 7. The molecule has 2 aromatic heterocycles. The van der Waals surface area contributed by atoms with Crippen LogP contribution in [0.3, 0.4) is 0 Å². The van der Waals surface area contributed by atoms with E-state index in [1.165, 1.54) is 9.96 Å². The molecule has 8 heteroatoms. The second-order valence-electron chi connectivity index (χ2n) is 7.61. The lowest BCUT2D eigenvalue weighted by molar-refractivity contribution is 0.112. The van der Waals surface area contributed by atoms with Gasteiger partial charge in [-0.2, -0.15) is 0 Å². The van der Waals surface area contributed by atoms with Crippen molar-refractivity contribution in [2.24, 2.45) is 0 Å². The van der Waals surface area contributed by atoms with Crippen LogP contribution >= 0.6 is 0 Å². The molecule has 0 saturated carbocycles. The van der Waals surface area contributed by atoms with Crippen LogP contribution in [0, 0.1) is 6.92 Å². The molecule has 0 unspecified atom stereocenters. The van der Waals surface area contributed by atoms with Gasteiger partial charge in [0.25, 0.3) is 5.56 Å². The first-order valence-corrected chi connectivity index (χ1v) is 9.97. The van der Waals surface area contributed by atoms with Crippen molar-refractivity contribution in [2.75, 3.05) is 37.9 Å². The van der Waals surface area contributed by atoms with Crippen molar-refractivity contribution in [1.29, 1.82) is 0 Å². The number of aldehydes is 1. The molecule has 0 amide bonds. The highest BCUT2D eigenvalue weighted by atomic mass is 16.7. The highest BCUT2D eigenvalue weighted by Gasteiger charge is 2.24. The van der Waals surface area contributed by atoms with Crippen LogP contribution < -0.4 is 19.9 Å². The second kappa shape index (κ2) is 7.46. The molecule has 0 radical (unpaired) electrons. The molecule has 8 nitrogen and oxygen atoms in total. The Labute approximate surface area is 173 Å². The van der Waals surface area contributed by atoms with Crippen molar-refractivity contribution < 1.29 is 14.3 Å². The molecule has 0 spiro atoms. The lowest BCUT2D eigenvalue weighted by Gasteiger charge is -2.35. The molecule has 2 aliphatic heterocycles. The lowest BCUT2D eigenvalue weighted by atomic mass is 10.1. The molecule has 154 valence electrons. The van der Waals surface area contributed by atoms with Gasteiger partial charge in [-0.1, -0.05) is 12.1 Å². The van der Waals surface area contributed by atoms with E-state index in [1.54, 1.807) is 12.3 Å². The molecular weight excluding hydrogens is 384 g/mol. The minimum absolute atomic E-state index is 0.113. The van der Waals surface area contributed by atoms with Gasteiger partial charge in [-0.05, 0) is 36.2 Å². The van der Waals surface area contributed by atoms with Crippen LogP contribution in [0.2, 0.25) is 0 Å². The van der Waals surface area contributed by atoms with Gasteiger partial charge in [-0.25, -0.2) is 4.98 Å². The highest BCUT2D eigenvalue weighted by Crippen LogP contribution is 2.33. The lowest BCUT2D eigenvalue weighted by Crippen LogP contribution is -2.47. The molecule has 4 heterocycles. The zero-order valence-corrected chi connectivity index (χ0v) is 16.7. The summed E-state index contributed by atoms with van der Waals surface area (Å²) in [7, 11) is 0. The van der Waals surface area contributed by atoms with E-state index in [1.807, 2.05) is 30.0 Å². The zero-order chi connectivity index (χ0) is 20.7. The van der Waals surface area contributed by atoms with E-state index in [-0.39, 0.29) is 17.9 Å². The van der Waals surface area contributed by atoms with Crippen molar-refractivity contribution in [2.45, 2.75) is 13.5 Å². The van der Waals surface area contributed by atoms with E-state index in [0.717, 1.165) is 36.7 Å². The molecule has 3 aromatic rings. The molecule has 0 atom stereocenters. The number of ether oxygens (including phenoxy) is 2. The first-order chi connectivity index (χ1) is 14.6. The number of fused-ring (bicyclic) bond motifs is 2. The van der Waals surface area contributed by atoms with Crippen LogP contribution in [-0.4, -0.2) is 53.5 Å². The minimum Gasteiger partial charge on any atom is -0.454 e. The number of pyridine rings is 1. The summed E-state index contributed by atoms with van der Waals surface area (Å²) in [6, 6.07) is 9.72.